The lowest BCUT2D eigenvalue weighted by molar-refractivity contribution is 0.256. The molecular weight excluding hydrogens is 294 g/mol. The largest absolute Gasteiger partial charge is 0.503 e. The van der Waals surface area contributed by atoms with Gasteiger partial charge in [0.25, 0.3) is 0 Å². The first-order valence-electron chi connectivity index (χ1n) is 6.30. The molecule has 3 nitrogen and oxygen atoms in total. The maximum absolute atomic E-state index is 9.79. The number of rotatable bonds is 3. The zero-order chi connectivity index (χ0) is 13.3. The first-order valence-corrected chi connectivity index (χ1v) is 7.10. The Morgan fingerprint density at radius 1 is 1.44 bits per heavy atom. The third-order valence-corrected chi connectivity index (χ3v) is 4.21. The Bertz CT molecular complexity index is 436. The van der Waals surface area contributed by atoms with Gasteiger partial charge in [0.05, 0.1) is 11.6 Å². The lowest BCUT2D eigenvalue weighted by Gasteiger charge is -2.21. The molecule has 1 heterocycles. The number of benzene rings is 1. The molecule has 4 heteroatoms. The molecule has 1 aliphatic rings. The average molecular weight is 314 g/mol. The molecule has 100 valence electrons. The van der Waals surface area contributed by atoms with E-state index in [-0.39, 0.29) is 5.75 Å². The second-order valence-corrected chi connectivity index (χ2v) is 6.10. The molecule has 0 aliphatic carbocycles. The normalized spacial score (nSPS) is 24.4. The molecule has 0 radical (unpaired) electrons. The second-order valence-electron chi connectivity index (χ2n) is 5.25. The number of ether oxygens (including phenoxy) is 1. The smallest absolute Gasteiger partial charge is 0.172 e. The van der Waals surface area contributed by atoms with E-state index in [1.54, 1.807) is 7.11 Å². The summed E-state index contributed by atoms with van der Waals surface area (Å²) in [5.41, 5.74) is 1.16. The highest BCUT2D eigenvalue weighted by Crippen LogP contribution is 2.36. The van der Waals surface area contributed by atoms with Gasteiger partial charge in [-0.15, -0.1) is 0 Å². The van der Waals surface area contributed by atoms with Crippen LogP contribution in [0.1, 0.15) is 25.8 Å². The highest BCUT2D eigenvalue weighted by Gasteiger charge is 2.26. The van der Waals surface area contributed by atoms with Crippen molar-refractivity contribution in [2.24, 2.45) is 5.92 Å². The summed E-state index contributed by atoms with van der Waals surface area (Å²) < 4.78 is 5.87. The first-order chi connectivity index (χ1) is 8.51. The summed E-state index contributed by atoms with van der Waals surface area (Å²) in [7, 11) is 1.58. The number of hydrogen-bond acceptors (Lipinski definition) is 3. The van der Waals surface area contributed by atoms with Crippen LogP contribution in [-0.4, -0.2) is 29.7 Å². The fourth-order valence-electron chi connectivity index (χ4n) is 2.72. The number of nitrogens with zero attached hydrogens (tertiary/aromatic N) is 1. The molecule has 0 aromatic heterocycles. The fraction of sp³-hybridized carbons (Fsp3) is 0.571. The van der Waals surface area contributed by atoms with Crippen LogP contribution in [0.3, 0.4) is 0 Å². The molecule has 0 amide bonds. The van der Waals surface area contributed by atoms with Crippen LogP contribution in [0.15, 0.2) is 16.6 Å². The van der Waals surface area contributed by atoms with Gasteiger partial charge in [0.15, 0.2) is 11.5 Å². The van der Waals surface area contributed by atoms with E-state index in [0.29, 0.717) is 16.3 Å². The van der Waals surface area contributed by atoms with Gasteiger partial charge in [0.2, 0.25) is 0 Å². The summed E-state index contributed by atoms with van der Waals surface area (Å²) in [6.07, 6.45) is 1.26. The van der Waals surface area contributed by atoms with Crippen molar-refractivity contribution in [3.8, 4) is 11.5 Å². The van der Waals surface area contributed by atoms with E-state index in [9.17, 15) is 5.11 Å². The number of methoxy groups -OCH3 is 1. The van der Waals surface area contributed by atoms with Crippen molar-refractivity contribution in [3.05, 3.63) is 22.2 Å². The molecule has 0 saturated carbocycles. The standard InChI is InChI=1S/C14H20BrNO2/c1-9-4-10(2)16(7-9)8-11-5-12(15)14(17)13(6-11)18-3/h5-6,9-10,17H,4,7-8H2,1-3H3. The number of aromatic hydroxyl groups is 1. The first kappa shape index (κ1) is 13.7. The van der Waals surface area contributed by atoms with E-state index in [1.165, 1.54) is 6.42 Å². The number of hydrogen-bond donors (Lipinski definition) is 1. The van der Waals surface area contributed by atoms with Gasteiger partial charge in [-0.1, -0.05) is 6.92 Å². The van der Waals surface area contributed by atoms with Gasteiger partial charge in [-0.05, 0) is 52.9 Å². The third kappa shape index (κ3) is 2.81. The minimum Gasteiger partial charge on any atom is -0.503 e. The van der Waals surface area contributed by atoms with Crippen LogP contribution in [0, 0.1) is 5.92 Å². The highest BCUT2D eigenvalue weighted by atomic mass is 79.9. The summed E-state index contributed by atoms with van der Waals surface area (Å²) in [6, 6.07) is 4.50. The van der Waals surface area contributed by atoms with Crippen molar-refractivity contribution < 1.29 is 9.84 Å². The fourth-order valence-corrected chi connectivity index (χ4v) is 3.20. The van der Waals surface area contributed by atoms with Gasteiger partial charge in [-0.2, -0.15) is 0 Å². The molecule has 1 fully saturated rings. The molecule has 18 heavy (non-hydrogen) atoms. The minimum atomic E-state index is 0.170. The number of halogens is 1. The zero-order valence-electron chi connectivity index (χ0n) is 11.1. The van der Waals surface area contributed by atoms with Crippen LogP contribution in [0.5, 0.6) is 11.5 Å². The number of phenolic OH excluding ortho intramolecular Hbond substituents is 1. The van der Waals surface area contributed by atoms with E-state index in [2.05, 4.69) is 34.7 Å². The van der Waals surface area contributed by atoms with Crippen LogP contribution in [0.4, 0.5) is 0 Å². The van der Waals surface area contributed by atoms with Gasteiger partial charge >= 0.3 is 0 Å². The molecule has 0 spiro atoms. The van der Waals surface area contributed by atoms with Crippen LogP contribution >= 0.6 is 15.9 Å². The lowest BCUT2D eigenvalue weighted by Crippen LogP contribution is -2.26. The molecule has 0 bridgehead atoms. The molecule has 1 aromatic carbocycles. The second kappa shape index (κ2) is 5.49. The maximum atomic E-state index is 9.79. The van der Waals surface area contributed by atoms with E-state index in [0.717, 1.165) is 24.6 Å². The van der Waals surface area contributed by atoms with Crippen molar-refractivity contribution in [1.82, 2.24) is 4.90 Å². The summed E-state index contributed by atoms with van der Waals surface area (Å²) in [4.78, 5) is 2.48. The quantitative estimate of drug-likeness (QED) is 0.928. The third-order valence-electron chi connectivity index (χ3n) is 3.61. The molecular formula is C14H20BrNO2. The van der Waals surface area contributed by atoms with Crippen molar-refractivity contribution in [2.75, 3.05) is 13.7 Å². The molecule has 1 aliphatic heterocycles. The SMILES string of the molecule is COc1cc(CN2CC(C)CC2C)cc(Br)c1O. The maximum Gasteiger partial charge on any atom is 0.172 e. The zero-order valence-corrected chi connectivity index (χ0v) is 12.7. The molecule has 1 N–H and O–H groups in total. The molecule has 2 rings (SSSR count). The lowest BCUT2D eigenvalue weighted by atomic mass is 10.1. The summed E-state index contributed by atoms with van der Waals surface area (Å²) in [5, 5.41) is 9.79. The molecule has 2 atom stereocenters. The van der Waals surface area contributed by atoms with Gasteiger partial charge in [0.1, 0.15) is 0 Å². The summed E-state index contributed by atoms with van der Waals surface area (Å²) in [5.74, 6) is 1.46. The van der Waals surface area contributed by atoms with Gasteiger partial charge in [-0.3, -0.25) is 4.90 Å². The minimum absolute atomic E-state index is 0.170. The molecule has 1 saturated heterocycles. The molecule has 2 unspecified atom stereocenters. The predicted octanol–water partition coefficient (Wildman–Crippen LogP) is 3.39. The van der Waals surface area contributed by atoms with Crippen molar-refractivity contribution in [2.45, 2.75) is 32.9 Å². The van der Waals surface area contributed by atoms with Gasteiger partial charge < -0.3 is 9.84 Å². The number of likely N-dealkylation sites (tertiary alicyclic amines) is 1. The Balaban J connectivity index is 2.17. The van der Waals surface area contributed by atoms with Crippen molar-refractivity contribution in [3.63, 3.8) is 0 Å². The summed E-state index contributed by atoms with van der Waals surface area (Å²) >= 11 is 3.37. The van der Waals surface area contributed by atoms with Crippen LogP contribution < -0.4 is 4.74 Å². The van der Waals surface area contributed by atoms with Gasteiger partial charge in [0, 0.05) is 19.1 Å². The van der Waals surface area contributed by atoms with E-state index >= 15 is 0 Å². The van der Waals surface area contributed by atoms with E-state index in [1.807, 2.05) is 12.1 Å². The van der Waals surface area contributed by atoms with Gasteiger partial charge in [-0.25, -0.2) is 0 Å². The van der Waals surface area contributed by atoms with E-state index in [4.69, 9.17) is 4.74 Å². The van der Waals surface area contributed by atoms with Crippen molar-refractivity contribution in [1.29, 1.82) is 0 Å². The van der Waals surface area contributed by atoms with Crippen molar-refractivity contribution >= 4 is 15.9 Å². The average Bonchev–Trinajstić information content (AvgIpc) is 2.62. The Hall–Kier alpha value is -0.740. The monoisotopic (exact) mass is 313 g/mol. The van der Waals surface area contributed by atoms with Crippen LogP contribution in [0.25, 0.3) is 0 Å². The topological polar surface area (TPSA) is 32.7 Å². The molecule has 1 aromatic rings. The summed E-state index contributed by atoms with van der Waals surface area (Å²) in [6.45, 7) is 6.61. The number of phenols is 1. The van der Waals surface area contributed by atoms with Crippen LogP contribution in [0.2, 0.25) is 0 Å². The Morgan fingerprint density at radius 3 is 2.72 bits per heavy atom. The van der Waals surface area contributed by atoms with Crippen LogP contribution in [-0.2, 0) is 6.54 Å². The Morgan fingerprint density at radius 2 is 2.17 bits per heavy atom. The highest BCUT2D eigenvalue weighted by molar-refractivity contribution is 9.10. The predicted molar refractivity (Wildman–Crippen MR) is 76.0 cm³/mol. The Labute approximate surface area is 117 Å². The van der Waals surface area contributed by atoms with E-state index < -0.39 is 0 Å². The Kier molecular flexibility index (Phi) is 4.17.